The average Bonchev–Trinajstić information content (AvgIpc) is 3.40. The van der Waals surface area contributed by atoms with Crippen molar-refractivity contribution < 1.29 is 13.2 Å². The van der Waals surface area contributed by atoms with Gasteiger partial charge in [0.1, 0.15) is 0 Å². The molecule has 0 saturated heterocycles. The Labute approximate surface area is 185 Å². The molecule has 168 valence electrons. The summed E-state index contributed by atoms with van der Waals surface area (Å²) < 4.78 is 27.9. The molecule has 1 aliphatic rings. The van der Waals surface area contributed by atoms with Crippen LogP contribution in [0.15, 0.2) is 54.3 Å². The van der Waals surface area contributed by atoms with Gasteiger partial charge >= 0.3 is 0 Å². The first-order chi connectivity index (χ1) is 14.6. The van der Waals surface area contributed by atoms with Crippen molar-refractivity contribution >= 4 is 15.7 Å². The lowest BCUT2D eigenvalue weighted by Crippen LogP contribution is -2.35. The largest absolute Gasteiger partial charge is 0.337 e. The van der Waals surface area contributed by atoms with E-state index in [1.54, 1.807) is 29.0 Å². The third-order valence-electron chi connectivity index (χ3n) is 5.25. The maximum absolute atomic E-state index is 13.1. The summed E-state index contributed by atoms with van der Waals surface area (Å²) >= 11 is 0. The Balaban J connectivity index is 1.87. The first-order valence-electron chi connectivity index (χ1n) is 10.8. The van der Waals surface area contributed by atoms with E-state index in [0.29, 0.717) is 37.5 Å². The van der Waals surface area contributed by atoms with Crippen LogP contribution in [-0.2, 0) is 33.5 Å². The number of allylic oxidation sites excluding steroid dienone is 1. The van der Waals surface area contributed by atoms with Gasteiger partial charge < -0.3 is 9.47 Å². The van der Waals surface area contributed by atoms with Gasteiger partial charge in [0.25, 0.3) is 0 Å². The van der Waals surface area contributed by atoms with Crippen molar-refractivity contribution in [2.75, 3.05) is 6.54 Å². The van der Waals surface area contributed by atoms with Gasteiger partial charge in [-0.2, -0.15) is 0 Å². The van der Waals surface area contributed by atoms with Gasteiger partial charge in [-0.1, -0.05) is 57.2 Å². The number of amides is 1. The van der Waals surface area contributed by atoms with Gasteiger partial charge in [-0.3, -0.25) is 4.79 Å². The zero-order valence-electron chi connectivity index (χ0n) is 18.8. The third-order valence-corrected chi connectivity index (χ3v) is 6.85. The van der Waals surface area contributed by atoms with Gasteiger partial charge in [0, 0.05) is 19.5 Å². The van der Waals surface area contributed by atoms with Crippen LogP contribution in [0, 0.1) is 11.3 Å². The minimum atomic E-state index is -3.64. The predicted molar refractivity (Wildman–Crippen MR) is 122 cm³/mol. The van der Waals surface area contributed by atoms with E-state index in [-0.39, 0.29) is 22.2 Å². The molecule has 0 atom stereocenters. The van der Waals surface area contributed by atoms with Crippen LogP contribution in [0.5, 0.6) is 0 Å². The molecule has 1 aromatic heterocycles. The zero-order valence-corrected chi connectivity index (χ0v) is 19.6. The normalized spacial score (nSPS) is 14.4. The SMILES string of the molecule is C=CCn1c(CN(CC2CC2)C(=O)CC(C)(C)C)cnc1S(=O)(=O)Cc1ccccc1. The summed E-state index contributed by atoms with van der Waals surface area (Å²) in [6, 6.07) is 9.09. The summed E-state index contributed by atoms with van der Waals surface area (Å²) in [5, 5.41) is 0.0286. The molecule has 1 amide bonds. The Hall–Kier alpha value is -2.41. The molecule has 3 rings (SSSR count). The Morgan fingerprint density at radius 2 is 1.94 bits per heavy atom. The lowest BCUT2D eigenvalue weighted by Gasteiger charge is -2.27. The van der Waals surface area contributed by atoms with Gasteiger partial charge in [-0.15, -0.1) is 6.58 Å². The van der Waals surface area contributed by atoms with Crippen LogP contribution < -0.4 is 0 Å². The average molecular weight is 444 g/mol. The summed E-state index contributed by atoms with van der Waals surface area (Å²) in [5.74, 6) is 0.524. The van der Waals surface area contributed by atoms with Crippen LogP contribution in [0.3, 0.4) is 0 Å². The van der Waals surface area contributed by atoms with E-state index in [9.17, 15) is 13.2 Å². The second-order valence-electron chi connectivity index (χ2n) is 9.63. The van der Waals surface area contributed by atoms with Crippen LogP contribution in [-0.4, -0.2) is 35.3 Å². The number of hydrogen-bond donors (Lipinski definition) is 0. The molecule has 0 N–H and O–H groups in total. The van der Waals surface area contributed by atoms with Crippen LogP contribution in [0.1, 0.15) is 51.3 Å². The van der Waals surface area contributed by atoms with E-state index in [1.165, 1.54) is 0 Å². The predicted octanol–water partition coefficient (Wildman–Crippen LogP) is 4.22. The molecular formula is C24H33N3O3S. The number of carbonyl (C=O) groups is 1. The van der Waals surface area contributed by atoms with Crippen LogP contribution in [0.4, 0.5) is 0 Å². The van der Waals surface area contributed by atoms with Crippen molar-refractivity contribution in [1.82, 2.24) is 14.5 Å². The maximum Gasteiger partial charge on any atom is 0.228 e. The van der Waals surface area contributed by atoms with E-state index in [1.807, 2.05) is 23.1 Å². The molecule has 0 radical (unpaired) electrons. The number of hydrogen-bond acceptors (Lipinski definition) is 4. The van der Waals surface area contributed by atoms with Crippen LogP contribution in [0.25, 0.3) is 0 Å². The fourth-order valence-corrected chi connectivity index (χ4v) is 5.08. The smallest absolute Gasteiger partial charge is 0.228 e. The Kier molecular flexibility index (Phi) is 7.04. The Bertz CT molecular complexity index is 1020. The number of benzene rings is 1. The van der Waals surface area contributed by atoms with Gasteiger partial charge in [0.2, 0.25) is 20.9 Å². The number of sulfone groups is 1. The minimum Gasteiger partial charge on any atom is -0.337 e. The van der Waals surface area contributed by atoms with E-state index in [0.717, 1.165) is 18.5 Å². The fourth-order valence-electron chi connectivity index (χ4n) is 3.58. The number of imidazole rings is 1. The van der Waals surface area contributed by atoms with E-state index in [4.69, 9.17) is 0 Å². The van der Waals surface area contributed by atoms with Gasteiger partial charge in [-0.25, -0.2) is 13.4 Å². The van der Waals surface area contributed by atoms with Gasteiger partial charge in [-0.05, 0) is 29.7 Å². The highest BCUT2D eigenvalue weighted by molar-refractivity contribution is 7.90. The molecule has 0 aliphatic heterocycles. The van der Waals surface area contributed by atoms with E-state index in [2.05, 4.69) is 32.3 Å². The molecule has 1 aromatic carbocycles. The lowest BCUT2D eigenvalue weighted by atomic mass is 9.91. The fraction of sp³-hybridized carbons (Fsp3) is 0.500. The molecular weight excluding hydrogens is 410 g/mol. The molecule has 7 heteroatoms. The van der Waals surface area contributed by atoms with E-state index >= 15 is 0 Å². The lowest BCUT2D eigenvalue weighted by molar-refractivity contribution is -0.134. The summed E-state index contributed by atoms with van der Waals surface area (Å²) in [5.41, 5.74) is 1.33. The molecule has 6 nitrogen and oxygen atoms in total. The molecule has 0 unspecified atom stereocenters. The first-order valence-corrected chi connectivity index (χ1v) is 12.4. The van der Waals surface area contributed by atoms with Crippen molar-refractivity contribution in [3.63, 3.8) is 0 Å². The van der Waals surface area contributed by atoms with Crippen molar-refractivity contribution in [2.24, 2.45) is 11.3 Å². The second kappa shape index (κ2) is 9.39. The molecule has 1 fully saturated rings. The Morgan fingerprint density at radius 3 is 2.52 bits per heavy atom. The maximum atomic E-state index is 13.1. The highest BCUT2D eigenvalue weighted by Crippen LogP contribution is 2.31. The third kappa shape index (κ3) is 6.53. The van der Waals surface area contributed by atoms with Gasteiger partial charge in [0.05, 0.1) is 24.2 Å². The first kappa shape index (κ1) is 23.3. The standard InChI is InChI=1S/C24H33N3O3S/c1-5-13-27-21(17-26(16-19-11-12-19)22(28)14-24(2,3)4)15-25-23(27)31(29,30)18-20-9-7-6-8-10-20/h5-10,15,19H,1,11-14,16-18H2,2-4H3. The highest BCUT2D eigenvalue weighted by Gasteiger charge is 2.30. The highest BCUT2D eigenvalue weighted by atomic mass is 32.2. The molecule has 1 heterocycles. The monoisotopic (exact) mass is 443 g/mol. The van der Waals surface area contributed by atoms with Crippen LogP contribution >= 0.6 is 0 Å². The summed E-state index contributed by atoms with van der Waals surface area (Å²) in [7, 11) is -3.64. The zero-order chi connectivity index (χ0) is 22.6. The summed E-state index contributed by atoms with van der Waals surface area (Å²) in [6.07, 6.45) is 5.99. The minimum absolute atomic E-state index is 0.0286. The quantitative estimate of drug-likeness (QED) is 0.516. The molecule has 31 heavy (non-hydrogen) atoms. The Morgan fingerprint density at radius 1 is 1.26 bits per heavy atom. The topological polar surface area (TPSA) is 72.3 Å². The molecule has 2 aromatic rings. The molecule has 0 bridgehead atoms. The number of carbonyl (C=O) groups excluding carboxylic acids is 1. The van der Waals surface area contributed by atoms with Crippen molar-refractivity contribution in [3.05, 3.63) is 60.4 Å². The van der Waals surface area contributed by atoms with Crippen molar-refractivity contribution in [1.29, 1.82) is 0 Å². The molecule has 1 saturated carbocycles. The summed E-state index contributed by atoms with van der Waals surface area (Å²) in [4.78, 5) is 19.1. The van der Waals surface area contributed by atoms with Crippen molar-refractivity contribution in [2.45, 2.75) is 64.0 Å². The second-order valence-corrected chi connectivity index (χ2v) is 11.5. The molecule has 1 aliphatic carbocycles. The van der Waals surface area contributed by atoms with Crippen molar-refractivity contribution in [3.8, 4) is 0 Å². The van der Waals surface area contributed by atoms with Gasteiger partial charge in [0.15, 0.2) is 0 Å². The number of rotatable bonds is 10. The van der Waals surface area contributed by atoms with E-state index < -0.39 is 9.84 Å². The molecule has 0 spiro atoms. The number of nitrogens with zero attached hydrogens (tertiary/aromatic N) is 3. The van der Waals surface area contributed by atoms with Crippen LogP contribution in [0.2, 0.25) is 0 Å². The number of aromatic nitrogens is 2. The summed E-state index contributed by atoms with van der Waals surface area (Å²) in [6.45, 7) is 11.3.